The van der Waals surface area contributed by atoms with Crippen LogP contribution in [0.3, 0.4) is 0 Å². The highest BCUT2D eigenvalue weighted by molar-refractivity contribution is 5.79. The maximum absolute atomic E-state index is 12.7. The summed E-state index contributed by atoms with van der Waals surface area (Å²) in [6, 6.07) is 0. The van der Waals surface area contributed by atoms with Crippen molar-refractivity contribution in [3.63, 3.8) is 0 Å². The SMILES string of the molecule is C/C=C(\C)F.C=C/C=C\C=C\F.C=CC.CC1CN(C(=O)C2CCN(C(C)(C)C)C2)CC(C)C1O. The highest BCUT2D eigenvalue weighted by Gasteiger charge is 2.39. The Hall–Kier alpha value is -2.05. The predicted molar refractivity (Wildman–Crippen MR) is 146 cm³/mol. The maximum Gasteiger partial charge on any atom is 0.227 e. The Balaban J connectivity index is 0. The largest absolute Gasteiger partial charge is 0.392 e. The van der Waals surface area contributed by atoms with Crippen molar-refractivity contribution in [3.8, 4) is 0 Å². The summed E-state index contributed by atoms with van der Waals surface area (Å²) in [5.74, 6) is 0.682. The Morgan fingerprint density at radius 2 is 1.51 bits per heavy atom. The van der Waals surface area contributed by atoms with Crippen LogP contribution in [-0.2, 0) is 4.79 Å². The number of aliphatic hydroxyl groups excluding tert-OH is 1. The van der Waals surface area contributed by atoms with E-state index in [2.05, 4.69) is 38.8 Å². The third-order valence-electron chi connectivity index (χ3n) is 5.81. The van der Waals surface area contributed by atoms with E-state index in [1.54, 1.807) is 31.2 Å². The van der Waals surface area contributed by atoms with E-state index in [4.69, 9.17) is 0 Å². The van der Waals surface area contributed by atoms with Gasteiger partial charge in [-0.25, -0.2) is 8.78 Å². The van der Waals surface area contributed by atoms with Crippen molar-refractivity contribution in [2.75, 3.05) is 26.2 Å². The van der Waals surface area contributed by atoms with Crippen LogP contribution in [0.15, 0.2) is 61.8 Å². The van der Waals surface area contributed by atoms with Crippen molar-refractivity contribution < 1.29 is 18.7 Å². The monoisotopic (exact) mass is 496 g/mol. The van der Waals surface area contributed by atoms with E-state index in [1.807, 2.05) is 25.7 Å². The molecule has 2 heterocycles. The fourth-order valence-electron chi connectivity index (χ4n) is 3.74. The standard InChI is InChI=1S/C16H30N2O2.C6H7F.C4H7F.C3H6/c1-11-8-17(9-12(2)14(11)19)15(20)13-6-7-18(10-13)16(3,4)5;1-2-3-4-5-6-7;1-3-4(2)5;1-3-2/h11-14,19H,6-10H2,1-5H3;2-6H,1H2;3H,1-2H3;3H,1H2,2H3/b;4-3-,6-5+;4-3+;. The van der Waals surface area contributed by atoms with Gasteiger partial charge < -0.3 is 10.0 Å². The number of piperidine rings is 1. The molecule has 0 bridgehead atoms. The summed E-state index contributed by atoms with van der Waals surface area (Å²) in [6.07, 6.45) is 10.4. The van der Waals surface area contributed by atoms with Crippen molar-refractivity contribution in [3.05, 3.63) is 61.8 Å². The molecular weight excluding hydrogens is 446 g/mol. The van der Waals surface area contributed by atoms with Crippen LogP contribution < -0.4 is 0 Å². The lowest BCUT2D eigenvalue weighted by Crippen LogP contribution is -2.51. The molecular formula is C29H50F2N2O2. The van der Waals surface area contributed by atoms with Crippen LogP contribution in [0, 0.1) is 17.8 Å². The van der Waals surface area contributed by atoms with E-state index >= 15 is 0 Å². The van der Waals surface area contributed by atoms with Gasteiger partial charge in [0.2, 0.25) is 5.91 Å². The number of carbonyl (C=O) groups is 1. The Morgan fingerprint density at radius 1 is 1.03 bits per heavy atom. The summed E-state index contributed by atoms with van der Waals surface area (Å²) >= 11 is 0. The number of amides is 1. The second-order valence-corrected chi connectivity index (χ2v) is 10.0. The summed E-state index contributed by atoms with van der Waals surface area (Å²) < 4.78 is 22.3. The Kier molecular flexibility index (Phi) is 19.2. The molecule has 3 unspecified atom stereocenters. The van der Waals surface area contributed by atoms with Gasteiger partial charge in [0.15, 0.2) is 0 Å². The van der Waals surface area contributed by atoms with E-state index in [0.29, 0.717) is 25.3 Å². The Morgan fingerprint density at radius 3 is 1.86 bits per heavy atom. The van der Waals surface area contributed by atoms with Crippen LogP contribution in [0.25, 0.3) is 0 Å². The molecule has 3 atom stereocenters. The number of carbonyl (C=O) groups excluding carboxylic acids is 1. The maximum atomic E-state index is 12.7. The average Bonchev–Trinajstić information content (AvgIpc) is 3.29. The second-order valence-electron chi connectivity index (χ2n) is 10.0. The predicted octanol–water partition coefficient (Wildman–Crippen LogP) is 6.87. The zero-order valence-electron chi connectivity index (χ0n) is 23.3. The zero-order chi connectivity index (χ0) is 27.6. The molecule has 2 saturated heterocycles. The van der Waals surface area contributed by atoms with Crippen LogP contribution >= 0.6 is 0 Å². The molecule has 1 N–H and O–H groups in total. The topological polar surface area (TPSA) is 43.8 Å². The molecule has 1 amide bonds. The lowest BCUT2D eigenvalue weighted by atomic mass is 9.87. The van der Waals surface area contributed by atoms with Gasteiger partial charge in [0.05, 0.1) is 24.2 Å². The van der Waals surface area contributed by atoms with Crippen LogP contribution in [0.4, 0.5) is 8.78 Å². The zero-order valence-corrected chi connectivity index (χ0v) is 23.3. The number of aliphatic hydroxyl groups is 1. The van der Waals surface area contributed by atoms with Crippen molar-refractivity contribution in [1.82, 2.24) is 9.80 Å². The highest BCUT2D eigenvalue weighted by Crippen LogP contribution is 2.28. The van der Waals surface area contributed by atoms with Crippen LogP contribution in [0.2, 0.25) is 0 Å². The van der Waals surface area contributed by atoms with Crippen molar-refractivity contribution in [2.24, 2.45) is 17.8 Å². The fraction of sp³-hybridized carbons (Fsp3) is 0.621. The summed E-state index contributed by atoms with van der Waals surface area (Å²) in [4.78, 5) is 17.1. The molecule has 202 valence electrons. The molecule has 0 saturated carbocycles. The van der Waals surface area contributed by atoms with Gasteiger partial charge in [-0.15, -0.1) is 6.58 Å². The minimum Gasteiger partial charge on any atom is -0.392 e. The summed E-state index contributed by atoms with van der Waals surface area (Å²) in [7, 11) is 0. The van der Waals surface area contributed by atoms with Gasteiger partial charge >= 0.3 is 0 Å². The molecule has 0 aliphatic carbocycles. The van der Waals surface area contributed by atoms with Crippen LogP contribution in [0.5, 0.6) is 0 Å². The molecule has 0 aromatic carbocycles. The molecule has 4 nitrogen and oxygen atoms in total. The fourth-order valence-corrected chi connectivity index (χ4v) is 3.74. The summed E-state index contributed by atoms with van der Waals surface area (Å²) in [5.41, 5.74) is 0.147. The molecule has 0 aromatic rings. The van der Waals surface area contributed by atoms with E-state index in [1.165, 1.54) is 19.1 Å². The second kappa shape index (κ2) is 19.2. The first-order valence-corrected chi connectivity index (χ1v) is 12.4. The van der Waals surface area contributed by atoms with Gasteiger partial charge in [-0.3, -0.25) is 9.69 Å². The van der Waals surface area contributed by atoms with Gasteiger partial charge in [-0.2, -0.15) is 0 Å². The number of rotatable bonds is 3. The summed E-state index contributed by atoms with van der Waals surface area (Å²) in [5, 5.41) is 10.0. The van der Waals surface area contributed by atoms with Crippen molar-refractivity contribution in [2.45, 2.75) is 73.5 Å². The van der Waals surface area contributed by atoms with Gasteiger partial charge in [0.25, 0.3) is 0 Å². The van der Waals surface area contributed by atoms with E-state index in [9.17, 15) is 18.7 Å². The molecule has 2 rings (SSSR count). The number of hydrogen-bond donors (Lipinski definition) is 1. The third-order valence-corrected chi connectivity index (χ3v) is 5.81. The van der Waals surface area contributed by atoms with Gasteiger partial charge in [-0.05, 0) is 72.4 Å². The lowest BCUT2D eigenvalue weighted by Gasteiger charge is -2.40. The minimum absolute atomic E-state index is 0.120. The van der Waals surface area contributed by atoms with Crippen LogP contribution in [-0.4, -0.2) is 58.6 Å². The summed E-state index contributed by atoms with van der Waals surface area (Å²) in [6.45, 7) is 25.7. The first kappa shape index (κ1) is 35.1. The smallest absolute Gasteiger partial charge is 0.227 e. The van der Waals surface area contributed by atoms with Gasteiger partial charge in [-0.1, -0.05) is 50.8 Å². The Labute approximate surface area is 213 Å². The average molecular weight is 497 g/mol. The van der Waals surface area contributed by atoms with Crippen LogP contribution in [0.1, 0.15) is 61.8 Å². The molecule has 6 heteroatoms. The molecule has 0 aromatic heterocycles. The molecule has 0 spiro atoms. The van der Waals surface area contributed by atoms with Crippen molar-refractivity contribution >= 4 is 5.91 Å². The van der Waals surface area contributed by atoms with E-state index < -0.39 is 0 Å². The van der Waals surface area contributed by atoms with E-state index in [-0.39, 0.29) is 35.2 Å². The number of hydrogen-bond acceptors (Lipinski definition) is 3. The number of nitrogens with zero attached hydrogens (tertiary/aromatic N) is 2. The normalized spacial score (nSPS) is 25.1. The van der Waals surface area contributed by atoms with Gasteiger partial charge in [0, 0.05) is 25.2 Å². The van der Waals surface area contributed by atoms with E-state index in [0.717, 1.165) is 19.5 Å². The molecule has 2 aliphatic heterocycles. The first-order chi connectivity index (χ1) is 16.3. The molecule has 35 heavy (non-hydrogen) atoms. The highest BCUT2D eigenvalue weighted by atomic mass is 19.1. The first-order valence-electron chi connectivity index (χ1n) is 12.4. The minimum atomic E-state index is -0.270. The number of likely N-dealkylation sites (tertiary alicyclic amines) is 2. The number of allylic oxidation sites excluding steroid dienone is 7. The third kappa shape index (κ3) is 15.5. The molecule has 2 aliphatic rings. The quantitative estimate of drug-likeness (QED) is 0.343. The lowest BCUT2D eigenvalue weighted by molar-refractivity contribution is -0.141. The van der Waals surface area contributed by atoms with Crippen molar-refractivity contribution in [1.29, 1.82) is 0 Å². The molecule has 0 radical (unpaired) electrons. The molecule has 2 fully saturated rings. The number of halogens is 2. The van der Waals surface area contributed by atoms with Gasteiger partial charge in [0.1, 0.15) is 0 Å². The Bertz CT molecular complexity index is 679.